The van der Waals surface area contributed by atoms with Gasteiger partial charge >= 0.3 is 0 Å². The molecule has 19 heavy (non-hydrogen) atoms. The van der Waals surface area contributed by atoms with Crippen LogP contribution in [0.2, 0.25) is 0 Å². The largest absolute Gasteiger partial charge is 0.366 e. The molecule has 0 aromatic carbocycles. The Morgan fingerprint density at radius 3 is 2.79 bits per heavy atom. The van der Waals surface area contributed by atoms with Crippen LogP contribution in [0.1, 0.15) is 11.4 Å². The van der Waals surface area contributed by atoms with Crippen LogP contribution < -0.4 is 10.2 Å². The number of hydrogen-bond acceptors (Lipinski definition) is 6. The van der Waals surface area contributed by atoms with Gasteiger partial charge in [-0.15, -0.1) is 0 Å². The quantitative estimate of drug-likeness (QED) is 0.889. The lowest BCUT2D eigenvalue weighted by Crippen LogP contribution is -2.11. The minimum atomic E-state index is 0.161. The van der Waals surface area contributed by atoms with Gasteiger partial charge in [0, 0.05) is 33.0 Å². The molecule has 0 spiro atoms. The highest BCUT2D eigenvalue weighted by Crippen LogP contribution is 2.11. The molecule has 0 radical (unpaired) electrons. The van der Waals surface area contributed by atoms with Crippen LogP contribution in [0, 0.1) is 11.3 Å². The first-order valence-electron chi connectivity index (χ1n) is 5.78. The molecule has 0 aliphatic rings. The maximum absolute atomic E-state index is 8.73. The second-order valence-electron chi connectivity index (χ2n) is 4.15. The van der Waals surface area contributed by atoms with E-state index in [4.69, 9.17) is 5.26 Å². The van der Waals surface area contributed by atoms with Crippen LogP contribution in [-0.4, -0.2) is 29.0 Å². The normalized spacial score (nSPS) is 9.74. The molecular weight excluding hydrogens is 240 g/mol. The molecule has 2 aromatic heterocycles. The molecule has 0 atom stereocenters. The zero-order valence-corrected chi connectivity index (χ0v) is 10.8. The summed E-state index contributed by atoms with van der Waals surface area (Å²) in [6.07, 6.45) is 3.33. The van der Waals surface area contributed by atoms with Gasteiger partial charge in [-0.2, -0.15) is 5.26 Å². The number of nitrogens with one attached hydrogen (secondary N) is 1. The number of rotatable bonds is 4. The topological polar surface area (TPSA) is 77.7 Å². The molecule has 96 valence electrons. The molecule has 0 amide bonds. The molecule has 2 aromatic rings. The van der Waals surface area contributed by atoms with Gasteiger partial charge in [-0.1, -0.05) is 0 Å². The van der Waals surface area contributed by atoms with Gasteiger partial charge in [0.15, 0.2) is 0 Å². The fourth-order valence-electron chi connectivity index (χ4n) is 1.52. The SMILES string of the molecule is CN(C)c1cc(CNc2ccnc(C#N)n2)ccn1. The summed E-state index contributed by atoms with van der Waals surface area (Å²) in [5.74, 6) is 1.70. The molecule has 0 aliphatic carbocycles. The zero-order chi connectivity index (χ0) is 13.7. The highest BCUT2D eigenvalue weighted by Gasteiger charge is 2.01. The summed E-state index contributed by atoms with van der Waals surface area (Å²) in [4.78, 5) is 14.1. The predicted molar refractivity (Wildman–Crippen MR) is 72.6 cm³/mol. The van der Waals surface area contributed by atoms with Crippen LogP contribution in [0.25, 0.3) is 0 Å². The highest BCUT2D eigenvalue weighted by molar-refractivity contribution is 5.41. The van der Waals surface area contributed by atoms with Crippen LogP contribution in [0.15, 0.2) is 30.6 Å². The first kappa shape index (κ1) is 12.8. The van der Waals surface area contributed by atoms with E-state index >= 15 is 0 Å². The summed E-state index contributed by atoms with van der Waals surface area (Å²) in [5.41, 5.74) is 1.09. The Labute approximate surface area is 111 Å². The van der Waals surface area contributed by atoms with Crippen LogP contribution in [0.3, 0.4) is 0 Å². The van der Waals surface area contributed by atoms with Crippen molar-refractivity contribution >= 4 is 11.6 Å². The Morgan fingerprint density at radius 1 is 1.26 bits per heavy atom. The number of pyridine rings is 1. The van der Waals surface area contributed by atoms with E-state index < -0.39 is 0 Å². The van der Waals surface area contributed by atoms with Gasteiger partial charge in [0.1, 0.15) is 17.7 Å². The second-order valence-corrected chi connectivity index (χ2v) is 4.15. The van der Waals surface area contributed by atoms with Gasteiger partial charge < -0.3 is 10.2 Å². The number of hydrogen-bond donors (Lipinski definition) is 1. The lowest BCUT2D eigenvalue weighted by atomic mass is 10.2. The number of anilines is 2. The maximum atomic E-state index is 8.73. The number of aromatic nitrogens is 3. The van der Waals surface area contributed by atoms with Gasteiger partial charge in [0.25, 0.3) is 0 Å². The van der Waals surface area contributed by atoms with E-state index in [1.807, 2.05) is 37.2 Å². The third-order valence-corrected chi connectivity index (χ3v) is 2.50. The fourth-order valence-corrected chi connectivity index (χ4v) is 1.52. The van der Waals surface area contributed by atoms with Gasteiger partial charge in [0.05, 0.1) is 0 Å². The van der Waals surface area contributed by atoms with Crippen LogP contribution in [0.5, 0.6) is 0 Å². The smallest absolute Gasteiger partial charge is 0.234 e. The van der Waals surface area contributed by atoms with E-state index in [1.165, 1.54) is 0 Å². The average molecular weight is 254 g/mol. The zero-order valence-electron chi connectivity index (χ0n) is 10.8. The monoisotopic (exact) mass is 254 g/mol. The predicted octanol–water partition coefficient (Wildman–Crippen LogP) is 1.42. The molecule has 0 saturated carbocycles. The summed E-state index contributed by atoms with van der Waals surface area (Å²) < 4.78 is 0. The van der Waals surface area contributed by atoms with Gasteiger partial charge in [-0.3, -0.25) is 0 Å². The molecular formula is C13H14N6. The van der Waals surface area contributed by atoms with Crippen LogP contribution in [-0.2, 0) is 6.54 Å². The van der Waals surface area contributed by atoms with E-state index in [9.17, 15) is 0 Å². The van der Waals surface area contributed by atoms with Crippen molar-refractivity contribution in [1.82, 2.24) is 15.0 Å². The molecule has 0 aliphatic heterocycles. The van der Waals surface area contributed by atoms with E-state index in [0.717, 1.165) is 11.4 Å². The molecule has 0 saturated heterocycles. The van der Waals surface area contributed by atoms with Crippen molar-refractivity contribution in [2.45, 2.75) is 6.54 Å². The van der Waals surface area contributed by atoms with Crippen molar-refractivity contribution in [3.05, 3.63) is 42.0 Å². The molecule has 2 rings (SSSR count). The van der Waals surface area contributed by atoms with Crippen LogP contribution in [0.4, 0.5) is 11.6 Å². The number of nitrogens with zero attached hydrogens (tertiary/aromatic N) is 5. The third-order valence-electron chi connectivity index (χ3n) is 2.50. The molecule has 6 heteroatoms. The van der Waals surface area contributed by atoms with Crippen molar-refractivity contribution < 1.29 is 0 Å². The Morgan fingerprint density at radius 2 is 2.05 bits per heavy atom. The van der Waals surface area contributed by atoms with E-state index in [1.54, 1.807) is 18.5 Å². The van der Waals surface area contributed by atoms with Crippen molar-refractivity contribution in [2.24, 2.45) is 0 Å². The summed E-state index contributed by atoms with van der Waals surface area (Å²) in [6, 6.07) is 7.58. The van der Waals surface area contributed by atoms with E-state index in [-0.39, 0.29) is 5.82 Å². The van der Waals surface area contributed by atoms with E-state index in [2.05, 4.69) is 20.3 Å². The minimum Gasteiger partial charge on any atom is -0.366 e. The molecule has 0 bridgehead atoms. The average Bonchev–Trinajstić information content (AvgIpc) is 2.45. The maximum Gasteiger partial charge on any atom is 0.234 e. The summed E-state index contributed by atoms with van der Waals surface area (Å²) in [6.45, 7) is 0.616. The summed E-state index contributed by atoms with van der Waals surface area (Å²) >= 11 is 0. The summed E-state index contributed by atoms with van der Waals surface area (Å²) in [7, 11) is 3.90. The molecule has 0 fully saturated rings. The minimum absolute atomic E-state index is 0.161. The Bertz CT molecular complexity index is 602. The molecule has 6 nitrogen and oxygen atoms in total. The standard InChI is InChI=1S/C13H14N6/c1-19(2)13-7-10(3-5-16-13)9-17-11-4-6-15-12(8-14)18-11/h3-7H,9H2,1-2H3,(H,15,17,18). The first-order chi connectivity index (χ1) is 9.19. The molecule has 1 N–H and O–H groups in total. The lowest BCUT2D eigenvalue weighted by molar-refractivity contribution is 1.03. The number of nitriles is 1. The van der Waals surface area contributed by atoms with Crippen molar-refractivity contribution in [2.75, 3.05) is 24.3 Å². The van der Waals surface area contributed by atoms with Crippen molar-refractivity contribution in [3.63, 3.8) is 0 Å². The Kier molecular flexibility index (Phi) is 3.88. The van der Waals surface area contributed by atoms with Gasteiger partial charge in [0.2, 0.25) is 5.82 Å². The highest BCUT2D eigenvalue weighted by atomic mass is 15.1. The first-order valence-corrected chi connectivity index (χ1v) is 5.78. The van der Waals surface area contributed by atoms with E-state index in [0.29, 0.717) is 12.4 Å². The third kappa shape index (κ3) is 3.39. The Hall–Kier alpha value is -2.68. The second kappa shape index (κ2) is 5.78. The van der Waals surface area contributed by atoms with Crippen molar-refractivity contribution in [1.29, 1.82) is 5.26 Å². The summed E-state index contributed by atoms with van der Waals surface area (Å²) in [5, 5.41) is 11.9. The molecule has 0 unspecified atom stereocenters. The van der Waals surface area contributed by atoms with Gasteiger partial charge in [-0.25, -0.2) is 15.0 Å². The Balaban J connectivity index is 2.06. The lowest BCUT2D eigenvalue weighted by Gasteiger charge is -2.12. The van der Waals surface area contributed by atoms with Gasteiger partial charge in [-0.05, 0) is 23.8 Å². The van der Waals surface area contributed by atoms with Crippen LogP contribution >= 0.6 is 0 Å². The van der Waals surface area contributed by atoms with Crippen molar-refractivity contribution in [3.8, 4) is 6.07 Å². The molecule has 2 heterocycles. The fraction of sp³-hybridized carbons (Fsp3) is 0.231.